The first-order valence-corrected chi connectivity index (χ1v) is 8.19. The standard InChI is InChI=1S/C11H11BrN2O2S2/c1-7-3-4-10(9(12)5-7)18(15,16)14-11-13-6-8(2)17-11/h3-6H,1-2H3,(H,13,14). The lowest BCUT2D eigenvalue weighted by Gasteiger charge is -2.07. The molecule has 0 aliphatic rings. The Morgan fingerprint density at radius 2 is 2.06 bits per heavy atom. The third-order valence-corrected chi connectivity index (χ3v) is 5.49. The molecule has 0 unspecified atom stereocenters. The molecule has 0 aliphatic heterocycles. The first-order valence-electron chi connectivity index (χ1n) is 5.10. The second-order valence-corrected chi connectivity index (χ2v) is 7.56. The predicted molar refractivity (Wildman–Crippen MR) is 76.5 cm³/mol. The highest BCUT2D eigenvalue weighted by Gasteiger charge is 2.18. The lowest BCUT2D eigenvalue weighted by molar-refractivity contribution is 0.600. The van der Waals surface area contributed by atoms with E-state index in [1.807, 2.05) is 13.8 Å². The monoisotopic (exact) mass is 346 g/mol. The molecule has 0 saturated carbocycles. The molecule has 0 aliphatic carbocycles. The number of benzene rings is 1. The summed E-state index contributed by atoms with van der Waals surface area (Å²) in [5.74, 6) is 0. The summed E-state index contributed by atoms with van der Waals surface area (Å²) in [4.78, 5) is 5.15. The van der Waals surface area contributed by atoms with Crippen molar-refractivity contribution in [1.29, 1.82) is 0 Å². The van der Waals surface area contributed by atoms with Gasteiger partial charge in [-0.2, -0.15) is 0 Å². The number of thiazole rings is 1. The van der Waals surface area contributed by atoms with Crippen molar-refractivity contribution in [1.82, 2.24) is 4.98 Å². The smallest absolute Gasteiger partial charge is 0.255 e. The summed E-state index contributed by atoms with van der Waals surface area (Å²) in [5, 5.41) is 0.375. The van der Waals surface area contributed by atoms with Crippen molar-refractivity contribution >= 4 is 42.4 Å². The number of anilines is 1. The highest BCUT2D eigenvalue weighted by atomic mass is 79.9. The van der Waals surface area contributed by atoms with Crippen molar-refractivity contribution in [3.8, 4) is 0 Å². The number of sulfonamides is 1. The van der Waals surface area contributed by atoms with Crippen LogP contribution in [0.25, 0.3) is 0 Å². The van der Waals surface area contributed by atoms with E-state index >= 15 is 0 Å². The van der Waals surface area contributed by atoms with Crippen LogP contribution in [0, 0.1) is 13.8 Å². The number of hydrogen-bond donors (Lipinski definition) is 1. The van der Waals surface area contributed by atoms with Crippen molar-refractivity contribution in [2.75, 3.05) is 4.72 Å². The predicted octanol–water partition coefficient (Wildman–Crippen LogP) is 3.32. The van der Waals surface area contributed by atoms with Crippen LogP contribution < -0.4 is 4.72 Å². The molecule has 2 aromatic rings. The molecular weight excluding hydrogens is 336 g/mol. The number of halogens is 1. The number of aryl methyl sites for hydroxylation is 2. The van der Waals surface area contributed by atoms with Gasteiger partial charge in [-0.3, -0.25) is 4.72 Å². The van der Waals surface area contributed by atoms with Gasteiger partial charge in [-0.1, -0.05) is 6.07 Å². The van der Waals surface area contributed by atoms with E-state index in [9.17, 15) is 8.42 Å². The molecule has 1 aromatic heterocycles. The Bertz CT molecular complexity index is 680. The second-order valence-electron chi connectivity index (χ2n) is 3.82. The van der Waals surface area contributed by atoms with Crippen LogP contribution in [0.1, 0.15) is 10.4 Å². The Kier molecular flexibility index (Phi) is 3.74. The number of aromatic nitrogens is 1. The Labute approximate surface area is 118 Å². The summed E-state index contributed by atoms with van der Waals surface area (Å²) in [7, 11) is -3.60. The highest BCUT2D eigenvalue weighted by Crippen LogP contribution is 2.26. The minimum Gasteiger partial charge on any atom is -0.255 e. The highest BCUT2D eigenvalue weighted by molar-refractivity contribution is 9.10. The molecule has 18 heavy (non-hydrogen) atoms. The van der Waals surface area contributed by atoms with Crippen molar-refractivity contribution in [2.24, 2.45) is 0 Å². The molecular formula is C11H11BrN2O2S2. The minimum absolute atomic E-state index is 0.209. The molecule has 1 aromatic carbocycles. The maximum absolute atomic E-state index is 12.2. The minimum atomic E-state index is -3.60. The van der Waals surface area contributed by atoms with Crippen LogP contribution in [0.5, 0.6) is 0 Å². The zero-order valence-electron chi connectivity index (χ0n) is 9.77. The summed E-state index contributed by atoms with van der Waals surface area (Å²) in [6, 6.07) is 5.09. The van der Waals surface area contributed by atoms with E-state index in [-0.39, 0.29) is 4.90 Å². The average Bonchev–Trinajstić information content (AvgIpc) is 2.62. The number of nitrogens with one attached hydrogen (secondary N) is 1. The first kappa shape index (κ1) is 13.5. The molecule has 2 rings (SSSR count). The molecule has 0 fully saturated rings. The lowest BCUT2D eigenvalue weighted by atomic mass is 10.2. The summed E-state index contributed by atoms with van der Waals surface area (Å²) < 4.78 is 27.3. The summed E-state index contributed by atoms with van der Waals surface area (Å²) >= 11 is 4.57. The average molecular weight is 347 g/mol. The van der Waals surface area contributed by atoms with E-state index in [0.29, 0.717) is 9.60 Å². The zero-order chi connectivity index (χ0) is 13.3. The van der Waals surface area contributed by atoms with E-state index in [4.69, 9.17) is 0 Å². The molecule has 4 nitrogen and oxygen atoms in total. The van der Waals surface area contributed by atoms with Crippen LogP contribution in [-0.2, 0) is 10.0 Å². The van der Waals surface area contributed by atoms with Crippen molar-refractivity contribution in [3.63, 3.8) is 0 Å². The normalized spacial score (nSPS) is 11.5. The quantitative estimate of drug-likeness (QED) is 0.927. The molecule has 0 radical (unpaired) electrons. The van der Waals surface area contributed by atoms with Gasteiger partial charge in [-0.05, 0) is 47.5 Å². The Morgan fingerprint density at radius 1 is 1.33 bits per heavy atom. The molecule has 7 heteroatoms. The molecule has 1 heterocycles. The topological polar surface area (TPSA) is 59.1 Å². The van der Waals surface area contributed by atoms with Crippen LogP contribution >= 0.6 is 27.3 Å². The van der Waals surface area contributed by atoms with Gasteiger partial charge >= 0.3 is 0 Å². The Hall–Kier alpha value is -0.920. The maximum atomic E-state index is 12.2. The van der Waals surface area contributed by atoms with Gasteiger partial charge in [0.15, 0.2) is 5.13 Å². The molecule has 0 saturated heterocycles. The van der Waals surface area contributed by atoms with Gasteiger partial charge in [0, 0.05) is 15.5 Å². The van der Waals surface area contributed by atoms with Crippen LogP contribution in [0.4, 0.5) is 5.13 Å². The van der Waals surface area contributed by atoms with Crippen molar-refractivity contribution in [3.05, 3.63) is 39.3 Å². The molecule has 0 amide bonds. The fraction of sp³-hybridized carbons (Fsp3) is 0.182. The van der Waals surface area contributed by atoms with Gasteiger partial charge in [-0.25, -0.2) is 13.4 Å². The SMILES string of the molecule is Cc1ccc(S(=O)(=O)Nc2ncc(C)s2)c(Br)c1. The Balaban J connectivity index is 2.36. The van der Waals surface area contributed by atoms with E-state index in [0.717, 1.165) is 10.4 Å². The van der Waals surface area contributed by atoms with Crippen LogP contribution in [-0.4, -0.2) is 13.4 Å². The van der Waals surface area contributed by atoms with Gasteiger partial charge in [0.1, 0.15) is 4.90 Å². The maximum Gasteiger partial charge on any atom is 0.264 e. The van der Waals surface area contributed by atoms with Gasteiger partial charge in [0.25, 0.3) is 10.0 Å². The Morgan fingerprint density at radius 3 is 2.61 bits per heavy atom. The number of hydrogen-bond acceptors (Lipinski definition) is 4. The van der Waals surface area contributed by atoms with E-state index in [1.165, 1.54) is 11.3 Å². The first-order chi connectivity index (χ1) is 8.38. The molecule has 1 N–H and O–H groups in total. The molecule has 0 spiro atoms. The molecule has 96 valence electrons. The molecule has 0 bridgehead atoms. The van der Waals surface area contributed by atoms with E-state index in [1.54, 1.807) is 24.4 Å². The van der Waals surface area contributed by atoms with Crippen LogP contribution in [0.15, 0.2) is 33.8 Å². The fourth-order valence-corrected chi connectivity index (χ4v) is 4.50. The van der Waals surface area contributed by atoms with Crippen LogP contribution in [0.2, 0.25) is 0 Å². The number of nitrogens with zero attached hydrogens (tertiary/aromatic N) is 1. The van der Waals surface area contributed by atoms with Gasteiger partial charge in [0.2, 0.25) is 0 Å². The van der Waals surface area contributed by atoms with Gasteiger partial charge in [-0.15, -0.1) is 11.3 Å². The third-order valence-electron chi connectivity index (χ3n) is 2.22. The van der Waals surface area contributed by atoms with Crippen molar-refractivity contribution in [2.45, 2.75) is 18.7 Å². The molecule has 0 atom stereocenters. The zero-order valence-corrected chi connectivity index (χ0v) is 13.0. The largest absolute Gasteiger partial charge is 0.264 e. The summed E-state index contributed by atoms with van der Waals surface area (Å²) in [6.07, 6.45) is 1.63. The number of rotatable bonds is 3. The van der Waals surface area contributed by atoms with Gasteiger partial charge < -0.3 is 0 Å². The summed E-state index contributed by atoms with van der Waals surface area (Å²) in [5.41, 5.74) is 0.992. The van der Waals surface area contributed by atoms with E-state index in [2.05, 4.69) is 25.6 Å². The third kappa shape index (κ3) is 2.90. The van der Waals surface area contributed by atoms with E-state index < -0.39 is 10.0 Å². The van der Waals surface area contributed by atoms with Crippen molar-refractivity contribution < 1.29 is 8.42 Å². The fourth-order valence-electron chi connectivity index (χ4n) is 1.40. The van der Waals surface area contributed by atoms with Gasteiger partial charge in [0.05, 0.1) is 0 Å². The lowest BCUT2D eigenvalue weighted by Crippen LogP contribution is -2.13. The second kappa shape index (κ2) is 4.99. The van der Waals surface area contributed by atoms with Crippen LogP contribution in [0.3, 0.4) is 0 Å². The summed E-state index contributed by atoms with van der Waals surface area (Å²) in [6.45, 7) is 3.77.